The van der Waals surface area contributed by atoms with E-state index in [2.05, 4.69) is 21.2 Å². The lowest BCUT2D eigenvalue weighted by Crippen LogP contribution is -2.47. The zero-order chi connectivity index (χ0) is 20.1. The highest BCUT2D eigenvalue weighted by Gasteiger charge is 2.38. The molecule has 3 N–H and O–H groups in total. The van der Waals surface area contributed by atoms with Crippen molar-refractivity contribution in [3.05, 3.63) is 33.1 Å². The van der Waals surface area contributed by atoms with E-state index in [9.17, 15) is 19.5 Å². The molecule has 7 nitrogen and oxygen atoms in total. The van der Waals surface area contributed by atoms with E-state index in [4.69, 9.17) is 17.3 Å². The molecule has 0 radical (unpaired) electrons. The zero-order valence-corrected chi connectivity index (χ0v) is 17.5. The second kappa shape index (κ2) is 9.34. The van der Waals surface area contributed by atoms with Crippen LogP contribution in [0.4, 0.5) is 0 Å². The summed E-state index contributed by atoms with van der Waals surface area (Å²) in [4.78, 5) is 36.9. The normalized spacial score (nSPS) is 16.7. The molecule has 1 aromatic rings. The Bertz CT molecular complexity index is 828. The third kappa shape index (κ3) is 5.53. The molecule has 1 aliphatic heterocycles. The number of thiocarbonyl (C=S) groups is 1. The van der Waals surface area contributed by atoms with Crippen molar-refractivity contribution >= 4 is 68.1 Å². The molecular weight excluding hydrogens is 456 g/mol. The number of carboxylic acid groups (broad SMARTS) is 1. The number of carboxylic acids is 1. The first kappa shape index (κ1) is 21.4. The minimum Gasteiger partial charge on any atom is -0.507 e. The number of nitrogens with zero attached hydrogens (tertiary/aromatic N) is 1. The largest absolute Gasteiger partial charge is 0.507 e. The van der Waals surface area contributed by atoms with Gasteiger partial charge in [-0.1, -0.05) is 39.9 Å². The lowest BCUT2D eigenvalue weighted by Gasteiger charge is -2.22. The Morgan fingerprint density at radius 1 is 1.44 bits per heavy atom. The summed E-state index contributed by atoms with van der Waals surface area (Å²) in [6.45, 7) is 1.75. The number of hydrogen-bond acceptors (Lipinski definition) is 6. The molecule has 0 aromatic heterocycles. The highest BCUT2D eigenvalue weighted by molar-refractivity contribution is 9.10. The number of phenolic OH excluding ortho intramolecular Hbond substituents is 1. The van der Waals surface area contributed by atoms with Crippen molar-refractivity contribution < 1.29 is 24.6 Å². The maximum atomic E-state index is 12.7. The van der Waals surface area contributed by atoms with E-state index in [0.29, 0.717) is 16.9 Å². The number of benzene rings is 1. The Kier molecular flexibility index (Phi) is 7.40. The third-order valence-corrected chi connectivity index (χ3v) is 5.56. The van der Waals surface area contributed by atoms with Crippen LogP contribution in [0.1, 0.15) is 25.3 Å². The van der Waals surface area contributed by atoms with Crippen molar-refractivity contribution in [2.75, 3.05) is 6.54 Å². The van der Waals surface area contributed by atoms with Gasteiger partial charge in [0.15, 0.2) is 0 Å². The van der Waals surface area contributed by atoms with Gasteiger partial charge in [0.1, 0.15) is 16.1 Å². The van der Waals surface area contributed by atoms with Gasteiger partial charge in [-0.15, -0.1) is 0 Å². The molecule has 27 heavy (non-hydrogen) atoms. The predicted octanol–water partition coefficient (Wildman–Crippen LogP) is 2.73. The number of rotatable bonds is 7. The summed E-state index contributed by atoms with van der Waals surface area (Å²) in [6.07, 6.45) is 1.78. The highest BCUT2D eigenvalue weighted by Crippen LogP contribution is 2.35. The summed E-state index contributed by atoms with van der Waals surface area (Å²) >= 11 is 9.59. The fraction of sp³-hybridized carbons (Fsp3) is 0.294. The standard InChI is InChI=1S/C17H17BrN2O5S2/c1-9(15(24)19-6-2-3-14(22)23)20-16(25)13(27-17(20)26)8-10-7-11(18)4-5-12(10)21/h4-5,7-9,21H,2-3,6H2,1H3,(H,19,24)(H,22,23)/b13-8-. The minimum absolute atomic E-state index is 0.0210. The summed E-state index contributed by atoms with van der Waals surface area (Å²) in [7, 11) is 0. The van der Waals surface area contributed by atoms with Crippen molar-refractivity contribution in [1.29, 1.82) is 0 Å². The Hall–Kier alpha value is -1.91. The monoisotopic (exact) mass is 472 g/mol. The molecule has 144 valence electrons. The van der Waals surface area contributed by atoms with Crippen LogP contribution in [0.3, 0.4) is 0 Å². The Morgan fingerprint density at radius 3 is 2.81 bits per heavy atom. The average molecular weight is 473 g/mol. The van der Waals surface area contributed by atoms with Crippen LogP contribution in [0.25, 0.3) is 6.08 Å². The maximum absolute atomic E-state index is 12.7. The molecule has 1 unspecified atom stereocenters. The smallest absolute Gasteiger partial charge is 0.303 e. The van der Waals surface area contributed by atoms with Crippen molar-refractivity contribution in [2.24, 2.45) is 0 Å². The van der Waals surface area contributed by atoms with E-state index < -0.39 is 23.8 Å². The molecule has 1 aromatic carbocycles. The molecule has 1 aliphatic rings. The number of carbonyl (C=O) groups excluding carboxylic acids is 2. The number of halogens is 1. The molecule has 0 bridgehead atoms. The van der Waals surface area contributed by atoms with Crippen molar-refractivity contribution in [1.82, 2.24) is 10.2 Å². The average Bonchev–Trinajstić information content (AvgIpc) is 2.87. The van der Waals surface area contributed by atoms with Crippen LogP contribution in [0.15, 0.2) is 27.6 Å². The number of aliphatic carboxylic acids is 1. The zero-order valence-electron chi connectivity index (χ0n) is 14.3. The maximum Gasteiger partial charge on any atom is 0.303 e. The van der Waals surface area contributed by atoms with Gasteiger partial charge in [0.2, 0.25) is 5.91 Å². The first-order valence-electron chi connectivity index (χ1n) is 7.95. The van der Waals surface area contributed by atoms with Gasteiger partial charge in [-0.05, 0) is 37.6 Å². The van der Waals surface area contributed by atoms with Gasteiger partial charge in [-0.2, -0.15) is 0 Å². The quantitative estimate of drug-likeness (QED) is 0.318. The third-order valence-electron chi connectivity index (χ3n) is 3.73. The van der Waals surface area contributed by atoms with Crippen LogP contribution in [0.5, 0.6) is 5.75 Å². The van der Waals surface area contributed by atoms with Gasteiger partial charge in [-0.3, -0.25) is 19.3 Å². The van der Waals surface area contributed by atoms with Gasteiger partial charge >= 0.3 is 5.97 Å². The first-order chi connectivity index (χ1) is 12.7. The van der Waals surface area contributed by atoms with Crippen LogP contribution in [-0.2, 0) is 14.4 Å². The van der Waals surface area contributed by atoms with E-state index in [0.717, 1.165) is 16.2 Å². The molecule has 0 saturated carbocycles. The molecular formula is C17H17BrN2O5S2. The Labute approximate surface area is 173 Å². The van der Waals surface area contributed by atoms with E-state index in [1.54, 1.807) is 19.1 Å². The highest BCUT2D eigenvalue weighted by atomic mass is 79.9. The van der Waals surface area contributed by atoms with E-state index in [1.807, 2.05) is 0 Å². The summed E-state index contributed by atoms with van der Waals surface area (Å²) in [6, 6.07) is 4.02. The molecule has 1 fully saturated rings. The van der Waals surface area contributed by atoms with E-state index in [1.165, 1.54) is 17.0 Å². The molecule has 10 heteroatoms. The molecule has 2 amide bonds. The van der Waals surface area contributed by atoms with Crippen molar-refractivity contribution in [2.45, 2.75) is 25.8 Å². The number of phenols is 1. The second-order valence-corrected chi connectivity index (χ2v) is 8.31. The van der Waals surface area contributed by atoms with E-state index in [-0.39, 0.29) is 23.0 Å². The number of amides is 2. The molecule has 1 atom stereocenters. The second-order valence-electron chi connectivity index (χ2n) is 5.72. The summed E-state index contributed by atoms with van der Waals surface area (Å²) < 4.78 is 0.991. The predicted molar refractivity (Wildman–Crippen MR) is 110 cm³/mol. The number of hydrogen-bond donors (Lipinski definition) is 3. The molecule has 1 saturated heterocycles. The number of nitrogens with one attached hydrogen (secondary N) is 1. The van der Waals surface area contributed by atoms with Gasteiger partial charge in [0.25, 0.3) is 5.91 Å². The Morgan fingerprint density at radius 2 is 2.15 bits per heavy atom. The number of aromatic hydroxyl groups is 1. The minimum atomic E-state index is -0.935. The van der Waals surface area contributed by atoms with Gasteiger partial charge in [0, 0.05) is 23.0 Å². The summed E-state index contributed by atoms with van der Waals surface area (Å²) in [5.74, 6) is -1.75. The van der Waals surface area contributed by atoms with Crippen molar-refractivity contribution in [3.8, 4) is 5.75 Å². The molecule has 0 spiro atoms. The summed E-state index contributed by atoms with van der Waals surface area (Å²) in [5, 5.41) is 21.1. The number of carbonyl (C=O) groups is 3. The van der Waals surface area contributed by atoms with Crippen LogP contribution >= 0.6 is 39.9 Å². The Balaban J connectivity index is 2.08. The van der Waals surface area contributed by atoms with Crippen LogP contribution < -0.4 is 5.32 Å². The van der Waals surface area contributed by atoms with E-state index >= 15 is 0 Å². The SMILES string of the molecule is CC(C(=O)NCCCC(=O)O)N1C(=O)/C(=C/c2cc(Br)ccc2O)SC1=S. The first-order valence-corrected chi connectivity index (χ1v) is 9.97. The van der Waals surface area contributed by atoms with Crippen LogP contribution in [0, 0.1) is 0 Å². The number of thioether (sulfide) groups is 1. The lowest BCUT2D eigenvalue weighted by molar-refractivity contribution is -0.137. The summed E-state index contributed by atoms with van der Waals surface area (Å²) in [5.41, 5.74) is 0.454. The van der Waals surface area contributed by atoms with Gasteiger partial charge in [-0.25, -0.2) is 0 Å². The van der Waals surface area contributed by atoms with Gasteiger partial charge in [0.05, 0.1) is 4.91 Å². The topological polar surface area (TPSA) is 107 Å². The van der Waals surface area contributed by atoms with Gasteiger partial charge < -0.3 is 15.5 Å². The lowest BCUT2D eigenvalue weighted by atomic mass is 10.2. The van der Waals surface area contributed by atoms with Crippen LogP contribution in [0.2, 0.25) is 0 Å². The molecule has 2 rings (SSSR count). The molecule has 1 heterocycles. The fourth-order valence-corrected chi connectivity index (χ4v) is 4.10. The molecule has 0 aliphatic carbocycles. The fourth-order valence-electron chi connectivity index (χ4n) is 2.31. The van der Waals surface area contributed by atoms with Crippen LogP contribution in [-0.4, -0.2) is 49.8 Å². The van der Waals surface area contributed by atoms with Crippen molar-refractivity contribution in [3.63, 3.8) is 0 Å².